The zero-order chi connectivity index (χ0) is 10.6. The molecule has 0 aliphatic carbocycles. The van der Waals surface area contributed by atoms with Crippen molar-refractivity contribution in [2.45, 2.75) is 32.7 Å². The summed E-state index contributed by atoms with van der Waals surface area (Å²) >= 11 is 0. The molecule has 6 nitrogen and oxygen atoms in total. The molecule has 1 aromatic rings. The molecule has 0 aromatic carbocycles. The van der Waals surface area contributed by atoms with Gasteiger partial charge in [-0.1, -0.05) is 13.3 Å². The molecule has 0 spiro atoms. The number of nitrogens with one attached hydrogen (secondary N) is 1. The summed E-state index contributed by atoms with van der Waals surface area (Å²) in [7, 11) is 0. The van der Waals surface area contributed by atoms with Crippen LogP contribution in [0.3, 0.4) is 0 Å². The Kier molecular flexibility index (Phi) is 3.44. The Morgan fingerprint density at radius 3 is 2.29 bits per heavy atom. The second kappa shape index (κ2) is 4.59. The standard InChI is InChI=1S/C8H16N6/c1-3-4-5(2)11-8-13-6(9)12-7(10)14-8/h5H,3-4H2,1-2H3,(H5,9,10,11,12,13,14). The van der Waals surface area contributed by atoms with E-state index in [0.29, 0.717) is 12.0 Å². The largest absolute Gasteiger partial charge is 0.368 e. The Bertz CT molecular complexity index is 280. The summed E-state index contributed by atoms with van der Waals surface area (Å²) in [5, 5.41) is 3.10. The first-order chi connectivity index (χ1) is 6.61. The summed E-state index contributed by atoms with van der Waals surface area (Å²) in [6, 6.07) is 0.307. The highest BCUT2D eigenvalue weighted by Crippen LogP contribution is 2.07. The van der Waals surface area contributed by atoms with E-state index in [2.05, 4.69) is 34.1 Å². The van der Waals surface area contributed by atoms with Crippen molar-refractivity contribution in [2.75, 3.05) is 16.8 Å². The quantitative estimate of drug-likeness (QED) is 0.653. The van der Waals surface area contributed by atoms with Gasteiger partial charge in [-0.2, -0.15) is 15.0 Å². The number of nitrogens with two attached hydrogens (primary N) is 2. The van der Waals surface area contributed by atoms with Crippen molar-refractivity contribution in [3.05, 3.63) is 0 Å². The first kappa shape index (κ1) is 10.5. The number of nitrogen functional groups attached to an aromatic ring is 2. The Morgan fingerprint density at radius 2 is 1.79 bits per heavy atom. The van der Waals surface area contributed by atoms with E-state index in [1.54, 1.807) is 0 Å². The van der Waals surface area contributed by atoms with Crippen molar-refractivity contribution in [2.24, 2.45) is 0 Å². The second-order valence-electron chi connectivity index (χ2n) is 3.21. The van der Waals surface area contributed by atoms with Crippen LogP contribution in [0.4, 0.5) is 17.8 Å². The summed E-state index contributed by atoms with van der Waals surface area (Å²) in [6.45, 7) is 4.17. The topological polar surface area (TPSA) is 103 Å². The second-order valence-corrected chi connectivity index (χ2v) is 3.21. The molecule has 6 heteroatoms. The minimum absolute atomic E-state index is 0.142. The monoisotopic (exact) mass is 196 g/mol. The molecule has 1 heterocycles. The lowest BCUT2D eigenvalue weighted by Gasteiger charge is -2.12. The highest BCUT2D eigenvalue weighted by atomic mass is 15.2. The van der Waals surface area contributed by atoms with Crippen molar-refractivity contribution < 1.29 is 0 Å². The first-order valence-corrected chi connectivity index (χ1v) is 4.65. The van der Waals surface area contributed by atoms with Gasteiger partial charge in [0.2, 0.25) is 17.8 Å². The Balaban J connectivity index is 2.66. The van der Waals surface area contributed by atoms with E-state index < -0.39 is 0 Å². The lowest BCUT2D eigenvalue weighted by atomic mass is 10.2. The summed E-state index contributed by atoms with van der Waals surface area (Å²) in [5.41, 5.74) is 10.9. The molecular weight excluding hydrogens is 180 g/mol. The summed E-state index contributed by atoms with van der Waals surface area (Å²) in [5.74, 6) is 0.725. The summed E-state index contributed by atoms with van der Waals surface area (Å²) in [4.78, 5) is 11.5. The molecule has 0 fully saturated rings. The lowest BCUT2D eigenvalue weighted by molar-refractivity contribution is 0.683. The predicted molar refractivity (Wildman–Crippen MR) is 56.6 cm³/mol. The molecule has 78 valence electrons. The molecule has 14 heavy (non-hydrogen) atoms. The van der Waals surface area contributed by atoms with Crippen LogP contribution >= 0.6 is 0 Å². The van der Waals surface area contributed by atoms with Gasteiger partial charge in [-0.25, -0.2) is 0 Å². The highest BCUT2D eigenvalue weighted by Gasteiger charge is 2.04. The van der Waals surface area contributed by atoms with Crippen LogP contribution in [0.15, 0.2) is 0 Å². The van der Waals surface area contributed by atoms with Gasteiger partial charge in [0.1, 0.15) is 0 Å². The molecule has 1 atom stereocenters. The third-order valence-corrected chi connectivity index (χ3v) is 1.77. The van der Waals surface area contributed by atoms with Gasteiger partial charge in [0.25, 0.3) is 0 Å². The van der Waals surface area contributed by atoms with E-state index in [4.69, 9.17) is 11.5 Å². The Labute approximate surface area is 83.1 Å². The van der Waals surface area contributed by atoms with Crippen LogP contribution in [-0.4, -0.2) is 21.0 Å². The molecule has 0 radical (unpaired) electrons. The van der Waals surface area contributed by atoms with Gasteiger partial charge < -0.3 is 16.8 Å². The van der Waals surface area contributed by atoms with E-state index in [-0.39, 0.29) is 11.9 Å². The van der Waals surface area contributed by atoms with Crippen LogP contribution in [0.1, 0.15) is 26.7 Å². The lowest BCUT2D eigenvalue weighted by Crippen LogP contribution is -2.18. The number of rotatable bonds is 4. The molecule has 0 saturated heterocycles. The molecule has 1 aromatic heterocycles. The SMILES string of the molecule is CCCC(C)Nc1nc(N)nc(N)n1. The van der Waals surface area contributed by atoms with E-state index >= 15 is 0 Å². The predicted octanol–water partition coefficient (Wildman–Crippen LogP) is 0.636. The van der Waals surface area contributed by atoms with Gasteiger partial charge in [-0.15, -0.1) is 0 Å². The van der Waals surface area contributed by atoms with Crippen LogP contribution in [0, 0.1) is 0 Å². The van der Waals surface area contributed by atoms with E-state index in [9.17, 15) is 0 Å². The Morgan fingerprint density at radius 1 is 1.21 bits per heavy atom. The fourth-order valence-corrected chi connectivity index (χ4v) is 1.20. The highest BCUT2D eigenvalue weighted by molar-refractivity contribution is 5.37. The van der Waals surface area contributed by atoms with Crippen LogP contribution in [-0.2, 0) is 0 Å². The summed E-state index contributed by atoms with van der Waals surface area (Å²) < 4.78 is 0. The molecule has 5 N–H and O–H groups in total. The van der Waals surface area contributed by atoms with Crippen molar-refractivity contribution in [1.29, 1.82) is 0 Å². The van der Waals surface area contributed by atoms with Gasteiger partial charge in [-0.05, 0) is 13.3 Å². The van der Waals surface area contributed by atoms with E-state index in [0.717, 1.165) is 12.8 Å². The van der Waals surface area contributed by atoms with Gasteiger partial charge >= 0.3 is 0 Å². The van der Waals surface area contributed by atoms with E-state index in [1.807, 2.05) is 0 Å². The van der Waals surface area contributed by atoms with Crippen LogP contribution < -0.4 is 16.8 Å². The number of hydrogen-bond acceptors (Lipinski definition) is 6. The minimum Gasteiger partial charge on any atom is -0.368 e. The zero-order valence-electron chi connectivity index (χ0n) is 8.49. The van der Waals surface area contributed by atoms with Crippen LogP contribution in [0.2, 0.25) is 0 Å². The van der Waals surface area contributed by atoms with Crippen molar-refractivity contribution in [3.8, 4) is 0 Å². The van der Waals surface area contributed by atoms with Crippen molar-refractivity contribution in [1.82, 2.24) is 15.0 Å². The Hall–Kier alpha value is -1.59. The van der Waals surface area contributed by atoms with Gasteiger partial charge in [-0.3, -0.25) is 0 Å². The molecule has 0 bridgehead atoms. The smallest absolute Gasteiger partial charge is 0.229 e. The summed E-state index contributed by atoms with van der Waals surface area (Å²) in [6.07, 6.45) is 2.15. The normalized spacial score (nSPS) is 12.4. The number of nitrogens with zero attached hydrogens (tertiary/aromatic N) is 3. The van der Waals surface area contributed by atoms with Crippen molar-refractivity contribution >= 4 is 17.8 Å². The van der Waals surface area contributed by atoms with Crippen LogP contribution in [0.25, 0.3) is 0 Å². The average Bonchev–Trinajstić information content (AvgIpc) is 2.01. The molecular formula is C8H16N6. The van der Waals surface area contributed by atoms with Gasteiger partial charge in [0, 0.05) is 6.04 Å². The number of anilines is 3. The zero-order valence-corrected chi connectivity index (χ0v) is 8.49. The third-order valence-electron chi connectivity index (χ3n) is 1.77. The minimum atomic E-state index is 0.142. The maximum Gasteiger partial charge on any atom is 0.229 e. The van der Waals surface area contributed by atoms with Gasteiger partial charge in [0.05, 0.1) is 0 Å². The number of hydrogen-bond donors (Lipinski definition) is 3. The molecule has 0 aliphatic rings. The molecule has 0 saturated carbocycles. The van der Waals surface area contributed by atoms with Crippen LogP contribution in [0.5, 0.6) is 0 Å². The first-order valence-electron chi connectivity index (χ1n) is 4.65. The van der Waals surface area contributed by atoms with Crippen molar-refractivity contribution in [3.63, 3.8) is 0 Å². The molecule has 1 unspecified atom stereocenters. The average molecular weight is 196 g/mol. The third kappa shape index (κ3) is 3.04. The fraction of sp³-hybridized carbons (Fsp3) is 0.625. The molecule has 0 amide bonds. The van der Waals surface area contributed by atoms with E-state index in [1.165, 1.54) is 0 Å². The fourth-order valence-electron chi connectivity index (χ4n) is 1.20. The molecule has 1 rings (SSSR count). The van der Waals surface area contributed by atoms with Gasteiger partial charge in [0.15, 0.2) is 0 Å². The maximum atomic E-state index is 5.43. The maximum absolute atomic E-state index is 5.43. The molecule has 0 aliphatic heterocycles. The number of aromatic nitrogens is 3.